The molecule has 0 bridgehead atoms. The summed E-state index contributed by atoms with van der Waals surface area (Å²) in [7, 11) is -2.40. The number of nitrogens with one attached hydrogen (secondary N) is 1. The van der Waals surface area contributed by atoms with Crippen LogP contribution in [0.15, 0.2) is 72.8 Å². The first kappa shape index (κ1) is 27.9. The van der Waals surface area contributed by atoms with Crippen molar-refractivity contribution in [2.45, 2.75) is 32.9 Å². The van der Waals surface area contributed by atoms with E-state index in [0.29, 0.717) is 11.3 Å². The molecule has 0 aliphatic heterocycles. The average Bonchev–Trinajstić information content (AvgIpc) is 2.86. The number of amides is 2. The van der Waals surface area contributed by atoms with E-state index in [1.165, 1.54) is 30.1 Å². The smallest absolute Gasteiger partial charge is 0.244 e. The number of halogens is 1. The number of carbonyl (C=O) groups is 2. The molecule has 0 spiro atoms. The Balaban J connectivity index is 2.07. The molecule has 7 nitrogen and oxygen atoms in total. The van der Waals surface area contributed by atoms with E-state index < -0.39 is 40.2 Å². The van der Waals surface area contributed by atoms with Gasteiger partial charge in [0.1, 0.15) is 18.4 Å². The summed E-state index contributed by atoms with van der Waals surface area (Å²) < 4.78 is 41.4. The number of benzene rings is 3. The van der Waals surface area contributed by atoms with Crippen LogP contribution in [0.3, 0.4) is 0 Å². The molecule has 1 N–H and O–H groups in total. The third-order valence-electron chi connectivity index (χ3n) is 6.13. The SMILES string of the molecule is CNC(=O)[C@H](Cc1ccccc1)N(Cc1ccccc1F)C(=O)CN(c1cc(C)ccc1C)S(C)(=O)=O. The second-order valence-corrected chi connectivity index (χ2v) is 10.9. The molecule has 37 heavy (non-hydrogen) atoms. The van der Waals surface area contributed by atoms with Gasteiger partial charge in [-0.2, -0.15) is 0 Å². The van der Waals surface area contributed by atoms with E-state index in [1.807, 2.05) is 43.3 Å². The van der Waals surface area contributed by atoms with E-state index >= 15 is 0 Å². The Hall–Kier alpha value is -3.72. The van der Waals surface area contributed by atoms with Gasteiger partial charge in [0.15, 0.2) is 0 Å². The zero-order valence-electron chi connectivity index (χ0n) is 21.4. The predicted octanol–water partition coefficient (Wildman–Crippen LogP) is 3.59. The molecule has 3 aromatic rings. The molecule has 9 heteroatoms. The van der Waals surface area contributed by atoms with Crippen molar-refractivity contribution in [2.75, 3.05) is 24.2 Å². The maximum absolute atomic E-state index is 14.7. The first-order valence-electron chi connectivity index (χ1n) is 11.8. The number of likely N-dealkylation sites (N-methyl/N-ethyl adjacent to an activating group) is 1. The Morgan fingerprint density at radius 3 is 2.24 bits per heavy atom. The van der Waals surface area contributed by atoms with E-state index in [-0.39, 0.29) is 18.5 Å². The summed E-state index contributed by atoms with van der Waals surface area (Å²) in [5.41, 5.74) is 2.91. The summed E-state index contributed by atoms with van der Waals surface area (Å²) in [6.07, 6.45) is 1.20. The highest BCUT2D eigenvalue weighted by molar-refractivity contribution is 7.92. The maximum atomic E-state index is 14.7. The highest BCUT2D eigenvalue weighted by Gasteiger charge is 2.33. The molecule has 0 radical (unpaired) electrons. The molecule has 3 rings (SSSR count). The van der Waals surface area contributed by atoms with Gasteiger partial charge in [0, 0.05) is 25.6 Å². The Morgan fingerprint density at radius 2 is 1.62 bits per heavy atom. The average molecular weight is 526 g/mol. The number of carbonyl (C=O) groups excluding carboxylic acids is 2. The molecule has 0 aromatic heterocycles. The first-order valence-corrected chi connectivity index (χ1v) is 13.7. The summed E-state index contributed by atoms with van der Waals surface area (Å²) in [5, 5.41) is 2.59. The van der Waals surface area contributed by atoms with Gasteiger partial charge in [-0.15, -0.1) is 0 Å². The molecule has 0 fully saturated rings. The molecule has 1 atom stereocenters. The lowest BCUT2D eigenvalue weighted by Crippen LogP contribution is -2.53. The van der Waals surface area contributed by atoms with Crippen molar-refractivity contribution in [3.8, 4) is 0 Å². The lowest BCUT2D eigenvalue weighted by atomic mass is 10.0. The van der Waals surface area contributed by atoms with Crippen molar-refractivity contribution >= 4 is 27.5 Å². The molecule has 0 aliphatic rings. The molecule has 0 aliphatic carbocycles. The van der Waals surface area contributed by atoms with Gasteiger partial charge in [-0.3, -0.25) is 13.9 Å². The van der Waals surface area contributed by atoms with Crippen LogP contribution in [-0.4, -0.2) is 51.0 Å². The maximum Gasteiger partial charge on any atom is 0.244 e. The van der Waals surface area contributed by atoms with Crippen molar-refractivity contribution in [1.29, 1.82) is 0 Å². The van der Waals surface area contributed by atoms with Gasteiger partial charge in [0.25, 0.3) is 0 Å². The molecule has 0 unspecified atom stereocenters. The number of hydrogen-bond acceptors (Lipinski definition) is 4. The van der Waals surface area contributed by atoms with Crippen LogP contribution in [0.5, 0.6) is 0 Å². The zero-order valence-corrected chi connectivity index (χ0v) is 22.3. The number of sulfonamides is 1. The second-order valence-electron chi connectivity index (χ2n) is 8.99. The fourth-order valence-electron chi connectivity index (χ4n) is 4.11. The van der Waals surface area contributed by atoms with Crippen molar-refractivity contribution in [1.82, 2.24) is 10.2 Å². The van der Waals surface area contributed by atoms with Crippen molar-refractivity contribution in [3.63, 3.8) is 0 Å². The number of hydrogen-bond donors (Lipinski definition) is 1. The summed E-state index contributed by atoms with van der Waals surface area (Å²) in [4.78, 5) is 28.2. The van der Waals surface area contributed by atoms with Crippen LogP contribution in [0.4, 0.5) is 10.1 Å². The summed E-state index contributed by atoms with van der Waals surface area (Å²) >= 11 is 0. The minimum atomic E-state index is -3.87. The van der Waals surface area contributed by atoms with Crippen LogP contribution in [-0.2, 0) is 32.6 Å². The molecular formula is C28H32FN3O4S. The Bertz CT molecular complexity index is 1360. The Kier molecular flexibility index (Phi) is 9.04. The highest BCUT2D eigenvalue weighted by atomic mass is 32.2. The van der Waals surface area contributed by atoms with Gasteiger partial charge < -0.3 is 10.2 Å². The molecule has 0 heterocycles. The van der Waals surface area contributed by atoms with Gasteiger partial charge in [-0.05, 0) is 42.7 Å². The number of anilines is 1. The molecule has 0 saturated carbocycles. The van der Waals surface area contributed by atoms with Crippen LogP contribution in [0.2, 0.25) is 0 Å². The van der Waals surface area contributed by atoms with Crippen molar-refractivity contribution in [3.05, 3.63) is 101 Å². The van der Waals surface area contributed by atoms with E-state index in [2.05, 4.69) is 5.32 Å². The molecule has 0 saturated heterocycles. The topological polar surface area (TPSA) is 86.8 Å². The normalized spacial score (nSPS) is 12.0. The van der Waals surface area contributed by atoms with Crippen molar-refractivity contribution in [2.24, 2.45) is 0 Å². The summed E-state index contributed by atoms with van der Waals surface area (Å²) in [5.74, 6) is -1.59. The van der Waals surface area contributed by atoms with Crippen LogP contribution in [0.1, 0.15) is 22.3 Å². The lowest BCUT2D eigenvalue weighted by molar-refractivity contribution is -0.139. The first-order chi connectivity index (χ1) is 17.5. The number of aryl methyl sites for hydroxylation is 2. The monoisotopic (exact) mass is 525 g/mol. The largest absolute Gasteiger partial charge is 0.357 e. The molecule has 3 aromatic carbocycles. The van der Waals surface area contributed by atoms with Gasteiger partial charge in [-0.1, -0.05) is 60.7 Å². The second kappa shape index (κ2) is 12.0. The third kappa shape index (κ3) is 7.16. The molecule has 2 amide bonds. The van der Waals surface area contributed by atoms with Gasteiger partial charge in [0.2, 0.25) is 21.8 Å². The third-order valence-corrected chi connectivity index (χ3v) is 7.26. The van der Waals surface area contributed by atoms with Crippen LogP contribution in [0.25, 0.3) is 0 Å². The van der Waals surface area contributed by atoms with E-state index in [9.17, 15) is 22.4 Å². The van der Waals surface area contributed by atoms with Gasteiger partial charge >= 0.3 is 0 Å². The Morgan fingerprint density at radius 1 is 0.973 bits per heavy atom. The van der Waals surface area contributed by atoms with E-state index in [4.69, 9.17) is 0 Å². The van der Waals surface area contributed by atoms with Gasteiger partial charge in [0.05, 0.1) is 11.9 Å². The number of nitrogens with zero attached hydrogens (tertiary/aromatic N) is 2. The predicted molar refractivity (Wildman–Crippen MR) is 143 cm³/mol. The standard InChI is InChI=1S/C28H32FN3O4S/c1-20-14-15-21(2)25(16-20)32(37(4,35)36)19-27(33)31(18-23-12-8-9-13-24(23)29)26(28(34)30-3)17-22-10-6-5-7-11-22/h5-16,26H,17-19H2,1-4H3,(H,30,34)/t26-/m0/s1. The van der Waals surface area contributed by atoms with E-state index in [1.54, 1.807) is 25.1 Å². The zero-order chi connectivity index (χ0) is 27.2. The minimum absolute atomic E-state index is 0.170. The lowest BCUT2D eigenvalue weighted by Gasteiger charge is -2.33. The quantitative estimate of drug-likeness (QED) is 0.438. The van der Waals surface area contributed by atoms with Crippen LogP contribution >= 0.6 is 0 Å². The van der Waals surface area contributed by atoms with E-state index in [0.717, 1.165) is 21.7 Å². The van der Waals surface area contributed by atoms with Crippen LogP contribution < -0.4 is 9.62 Å². The fraction of sp³-hybridized carbons (Fsp3) is 0.286. The summed E-state index contributed by atoms with van der Waals surface area (Å²) in [6, 6.07) is 19.5. The van der Waals surface area contributed by atoms with Crippen LogP contribution in [0, 0.1) is 19.7 Å². The van der Waals surface area contributed by atoms with Gasteiger partial charge in [-0.25, -0.2) is 12.8 Å². The minimum Gasteiger partial charge on any atom is -0.357 e. The molecule has 196 valence electrons. The fourth-order valence-corrected chi connectivity index (χ4v) is 5.01. The Labute approximate surface area is 218 Å². The number of rotatable bonds is 10. The van der Waals surface area contributed by atoms with Crippen molar-refractivity contribution < 1.29 is 22.4 Å². The summed E-state index contributed by atoms with van der Waals surface area (Å²) in [6.45, 7) is 2.84. The molecular weight excluding hydrogens is 493 g/mol. The highest BCUT2D eigenvalue weighted by Crippen LogP contribution is 2.25.